The molecule has 2 saturated carbocycles. The lowest BCUT2D eigenvalue weighted by atomic mass is 9.67. The van der Waals surface area contributed by atoms with Crippen LogP contribution in [-0.4, -0.2) is 12.9 Å². The summed E-state index contributed by atoms with van der Waals surface area (Å²) in [7, 11) is 1.56. The fraction of sp³-hybridized carbons (Fsp3) is 0.591. The Morgan fingerprint density at radius 2 is 1.81 bits per heavy atom. The fourth-order valence-corrected chi connectivity index (χ4v) is 5.04. The number of Topliss-reactive ketones (excluding diaryl/α,β-unsaturated/α-hetero) is 1. The number of hydrogen-bond donors (Lipinski definition) is 0. The van der Waals surface area contributed by atoms with Gasteiger partial charge in [0.1, 0.15) is 5.75 Å². The van der Waals surface area contributed by atoms with Crippen LogP contribution in [0.5, 0.6) is 5.75 Å². The molecule has 1 spiro atoms. The van der Waals surface area contributed by atoms with Crippen molar-refractivity contribution >= 4 is 5.78 Å². The quantitative estimate of drug-likeness (QED) is 0.736. The Labute approximate surface area is 155 Å². The Bertz CT molecular complexity index is 785. The summed E-state index contributed by atoms with van der Waals surface area (Å²) < 4.78 is 5.22. The van der Waals surface area contributed by atoms with Gasteiger partial charge in [0.25, 0.3) is 0 Å². The van der Waals surface area contributed by atoms with E-state index in [1.807, 2.05) is 0 Å². The van der Waals surface area contributed by atoms with Gasteiger partial charge in [-0.15, -0.1) is 0 Å². The predicted molar refractivity (Wildman–Crippen MR) is 98.3 cm³/mol. The van der Waals surface area contributed by atoms with Crippen LogP contribution in [0.4, 0.5) is 0 Å². The second-order valence-electron chi connectivity index (χ2n) is 8.86. The van der Waals surface area contributed by atoms with Crippen LogP contribution in [0, 0.1) is 50.7 Å². The first-order chi connectivity index (χ1) is 12.3. The Hall–Kier alpha value is -2.33. The number of benzene rings is 1. The molecule has 0 aliphatic heterocycles. The third kappa shape index (κ3) is 2.52. The summed E-state index contributed by atoms with van der Waals surface area (Å²) >= 11 is 0. The van der Waals surface area contributed by atoms with Gasteiger partial charge in [-0.05, 0) is 49.1 Å². The monoisotopic (exact) mass is 350 g/mol. The number of nitrogens with zero attached hydrogens (tertiary/aromatic N) is 2. The molecule has 2 aliphatic carbocycles. The highest BCUT2D eigenvalue weighted by Gasteiger charge is 2.80. The molecular weight excluding hydrogens is 324 g/mol. The summed E-state index contributed by atoms with van der Waals surface area (Å²) in [5.41, 5.74) is -0.932. The highest BCUT2D eigenvalue weighted by atomic mass is 16.5. The molecule has 4 nitrogen and oxygen atoms in total. The number of methoxy groups -OCH3 is 1. The second kappa shape index (κ2) is 6.13. The Morgan fingerprint density at radius 1 is 1.19 bits per heavy atom. The van der Waals surface area contributed by atoms with Crippen molar-refractivity contribution in [3.8, 4) is 17.9 Å². The summed E-state index contributed by atoms with van der Waals surface area (Å²) in [6.45, 7) is 6.72. The van der Waals surface area contributed by atoms with E-state index in [2.05, 4.69) is 32.9 Å². The minimum Gasteiger partial charge on any atom is -0.497 e. The number of ether oxygens (including phenoxy) is 1. The number of nitriles is 2. The molecular formula is C22H26N2O2. The summed E-state index contributed by atoms with van der Waals surface area (Å²) in [5.74, 6) is 0.553. The molecule has 1 aromatic rings. The molecule has 2 fully saturated rings. The standard InChI is InChI=1S/C22H26N2O2/c1-20(2,3)16-8-10-21(11-9-16)19(22(21,13-23)14-24)18(25)15-6-5-7-17(12-15)26-4/h5-7,12,16,19H,8-11H2,1-4H3/t16?,19-,21?/m0/s1. The van der Waals surface area contributed by atoms with Crippen molar-refractivity contribution in [3.05, 3.63) is 29.8 Å². The van der Waals surface area contributed by atoms with Crippen molar-refractivity contribution < 1.29 is 9.53 Å². The average Bonchev–Trinajstić information content (AvgIpc) is 3.20. The molecule has 0 N–H and O–H groups in total. The molecule has 0 amide bonds. The number of carbonyl (C=O) groups is 1. The third-order valence-electron chi connectivity index (χ3n) is 6.76. The van der Waals surface area contributed by atoms with Crippen molar-refractivity contribution in [2.24, 2.45) is 28.1 Å². The smallest absolute Gasteiger partial charge is 0.169 e. The van der Waals surface area contributed by atoms with E-state index in [0.29, 0.717) is 17.2 Å². The maximum Gasteiger partial charge on any atom is 0.169 e. The highest BCUT2D eigenvalue weighted by Crippen LogP contribution is 2.76. The van der Waals surface area contributed by atoms with Crippen LogP contribution in [0.25, 0.3) is 0 Å². The SMILES string of the molecule is COc1cccc(C(=O)[C@@H]2C(C#N)(C#N)C23CCC(C(C)(C)C)CC3)c1. The zero-order valence-electron chi connectivity index (χ0n) is 16.0. The van der Waals surface area contributed by atoms with Crippen molar-refractivity contribution in [2.45, 2.75) is 46.5 Å². The molecule has 4 heteroatoms. The van der Waals surface area contributed by atoms with E-state index < -0.39 is 16.7 Å². The van der Waals surface area contributed by atoms with Gasteiger partial charge in [0.15, 0.2) is 11.2 Å². The summed E-state index contributed by atoms with van der Waals surface area (Å²) in [5, 5.41) is 19.6. The van der Waals surface area contributed by atoms with Gasteiger partial charge in [-0.1, -0.05) is 32.9 Å². The minimum absolute atomic E-state index is 0.0961. The van der Waals surface area contributed by atoms with Gasteiger partial charge in [0, 0.05) is 11.0 Å². The van der Waals surface area contributed by atoms with Crippen LogP contribution in [-0.2, 0) is 0 Å². The molecule has 0 unspecified atom stereocenters. The first kappa shape index (κ1) is 18.5. The second-order valence-corrected chi connectivity index (χ2v) is 8.86. The molecule has 136 valence electrons. The maximum atomic E-state index is 13.2. The van der Waals surface area contributed by atoms with Crippen molar-refractivity contribution in [1.82, 2.24) is 0 Å². The fourth-order valence-electron chi connectivity index (χ4n) is 5.04. The van der Waals surface area contributed by atoms with Gasteiger partial charge < -0.3 is 4.74 Å². The van der Waals surface area contributed by atoms with Gasteiger partial charge in [-0.2, -0.15) is 10.5 Å². The number of carbonyl (C=O) groups excluding carboxylic acids is 1. The molecule has 0 heterocycles. The molecule has 1 atom stereocenters. The van der Waals surface area contributed by atoms with Gasteiger partial charge in [-0.25, -0.2) is 0 Å². The van der Waals surface area contributed by atoms with E-state index in [0.717, 1.165) is 25.7 Å². The first-order valence-corrected chi connectivity index (χ1v) is 9.26. The van der Waals surface area contributed by atoms with Crippen molar-refractivity contribution in [3.63, 3.8) is 0 Å². The molecule has 0 aromatic heterocycles. The molecule has 1 aromatic carbocycles. The zero-order valence-corrected chi connectivity index (χ0v) is 16.0. The van der Waals surface area contributed by atoms with Gasteiger partial charge in [0.05, 0.1) is 25.2 Å². The van der Waals surface area contributed by atoms with Crippen LogP contribution >= 0.6 is 0 Å². The predicted octanol–water partition coefficient (Wildman–Crippen LogP) is 4.76. The molecule has 2 aliphatic rings. The van der Waals surface area contributed by atoms with Crippen LogP contribution in [0.1, 0.15) is 56.8 Å². The lowest BCUT2D eigenvalue weighted by Crippen LogP contribution is -2.29. The normalized spacial score (nSPS) is 29.5. The summed E-state index contributed by atoms with van der Waals surface area (Å²) in [6.07, 6.45) is 3.49. The lowest BCUT2D eigenvalue weighted by Gasteiger charge is -2.38. The Balaban J connectivity index is 1.91. The number of ketones is 1. The third-order valence-corrected chi connectivity index (χ3v) is 6.76. The van der Waals surface area contributed by atoms with Crippen LogP contribution in [0.3, 0.4) is 0 Å². The van der Waals surface area contributed by atoms with E-state index in [9.17, 15) is 15.3 Å². The number of rotatable bonds is 3. The van der Waals surface area contributed by atoms with E-state index in [4.69, 9.17) is 4.74 Å². The molecule has 0 radical (unpaired) electrons. The summed E-state index contributed by atoms with van der Waals surface area (Å²) in [4.78, 5) is 13.2. The average molecular weight is 350 g/mol. The minimum atomic E-state index is -1.18. The van der Waals surface area contributed by atoms with Gasteiger partial charge in [0.2, 0.25) is 0 Å². The molecule has 3 rings (SSSR count). The van der Waals surface area contributed by atoms with Crippen molar-refractivity contribution in [1.29, 1.82) is 10.5 Å². The van der Waals surface area contributed by atoms with Crippen LogP contribution in [0.15, 0.2) is 24.3 Å². The Morgan fingerprint density at radius 3 is 2.31 bits per heavy atom. The van der Waals surface area contributed by atoms with Gasteiger partial charge in [-0.3, -0.25) is 4.79 Å². The first-order valence-electron chi connectivity index (χ1n) is 9.26. The molecule has 0 bridgehead atoms. The highest BCUT2D eigenvalue weighted by molar-refractivity contribution is 6.02. The molecule has 26 heavy (non-hydrogen) atoms. The van der Waals surface area contributed by atoms with Crippen LogP contribution < -0.4 is 4.74 Å². The molecule has 0 saturated heterocycles. The number of hydrogen-bond acceptors (Lipinski definition) is 4. The van der Waals surface area contributed by atoms with Crippen molar-refractivity contribution in [2.75, 3.05) is 7.11 Å². The van der Waals surface area contributed by atoms with E-state index in [-0.39, 0.29) is 11.2 Å². The maximum absolute atomic E-state index is 13.2. The summed E-state index contributed by atoms with van der Waals surface area (Å²) in [6, 6.07) is 11.5. The Kier molecular flexibility index (Phi) is 4.35. The zero-order chi connectivity index (χ0) is 19.2. The van der Waals surface area contributed by atoms with Crippen LogP contribution in [0.2, 0.25) is 0 Å². The lowest BCUT2D eigenvalue weighted by molar-refractivity contribution is 0.0905. The van der Waals surface area contributed by atoms with E-state index >= 15 is 0 Å². The largest absolute Gasteiger partial charge is 0.497 e. The van der Waals surface area contributed by atoms with E-state index in [1.54, 1.807) is 31.4 Å². The topological polar surface area (TPSA) is 73.9 Å². The van der Waals surface area contributed by atoms with E-state index in [1.165, 1.54) is 0 Å². The van der Waals surface area contributed by atoms with Gasteiger partial charge >= 0.3 is 0 Å².